The predicted octanol–water partition coefficient (Wildman–Crippen LogP) is 3.21. The molecular formula is C14H16BrF3N6O. The van der Waals surface area contributed by atoms with E-state index < -0.39 is 24.6 Å². The van der Waals surface area contributed by atoms with E-state index in [1.165, 1.54) is 0 Å². The molecule has 0 spiro atoms. The monoisotopic (exact) mass is 420 g/mol. The first-order chi connectivity index (χ1) is 11.8. The Labute approximate surface area is 148 Å². The van der Waals surface area contributed by atoms with Gasteiger partial charge in [0.2, 0.25) is 5.78 Å². The highest BCUT2D eigenvalue weighted by Gasteiger charge is 2.28. The Morgan fingerprint density at radius 1 is 1.24 bits per heavy atom. The molecule has 0 aromatic carbocycles. The number of hydrogen-bond donors (Lipinski definition) is 1. The van der Waals surface area contributed by atoms with Crippen LogP contribution in [0.4, 0.5) is 13.2 Å². The number of hydrogen-bond acceptors (Lipinski definition) is 4. The molecule has 0 bridgehead atoms. The summed E-state index contributed by atoms with van der Waals surface area (Å²) in [6.07, 6.45) is -2.98. The Hall–Kier alpha value is -1.91. The van der Waals surface area contributed by atoms with E-state index in [0.717, 1.165) is 23.7 Å². The fraction of sp³-hybridized carbons (Fsp3) is 0.571. The third kappa shape index (κ3) is 3.55. The summed E-state index contributed by atoms with van der Waals surface area (Å²) in [6, 6.07) is 0. The number of imidazole rings is 1. The SMILES string of the molecule is CCCCCn1c2nc(Br)[nH]c2c(=O)n2c(CCC(F)(F)F)nnc12. The smallest absolute Gasteiger partial charge is 0.327 e. The molecule has 3 rings (SSSR count). The van der Waals surface area contributed by atoms with E-state index >= 15 is 0 Å². The van der Waals surface area contributed by atoms with Crippen LogP contribution in [0.2, 0.25) is 0 Å². The van der Waals surface area contributed by atoms with Crippen molar-refractivity contribution in [1.82, 2.24) is 29.1 Å². The van der Waals surface area contributed by atoms with Crippen molar-refractivity contribution < 1.29 is 13.2 Å². The molecule has 0 amide bonds. The topological polar surface area (TPSA) is 80.9 Å². The molecular weight excluding hydrogens is 405 g/mol. The summed E-state index contributed by atoms with van der Waals surface area (Å²) in [5.41, 5.74) is 0.122. The summed E-state index contributed by atoms with van der Waals surface area (Å²) >= 11 is 3.20. The van der Waals surface area contributed by atoms with Gasteiger partial charge in [0.15, 0.2) is 15.9 Å². The molecule has 136 valence electrons. The van der Waals surface area contributed by atoms with Crippen molar-refractivity contribution in [3.05, 3.63) is 20.9 Å². The van der Waals surface area contributed by atoms with Crippen LogP contribution in [0.5, 0.6) is 0 Å². The normalized spacial score (nSPS) is 12.5. The summed E-state index contributed by atoms with van der Waals surface area (Å²) in [5.74, 6) is 0.207. The van der Waals surface area contributed by atoms with Gasteiger partial charge in [-0.05, 0) is 22.4 Å². The van der Waals surface area contributed by atoms with Crippen LogP contribution in [0.15, 0.2) is 9.53 Å². The molecule has 3 aromatic rings. The van der Waals surface area contributed by atoms with E-state index in [1.54, 1.807) is 4.57 Å². The molecule has 0 fully saturated rings. The van der Waals surface area contributed by atoms with Crippen molar-refractivity contribution in [2.24, 2.45) is 0 Å². The fourth-order valence-electron chi connectivity index (χ4n) is 2.72. The van der Waals surface area contributed by atoms with Crippen LogP contribution in [-0.2, 0) is 13.0 Å². The average Bonchev–Trinajstić information content (AvgIpc) is 3.12. The Morgan fingerprint density at radius 3 is 2.68 bits per heavy atom. The molecule has 0 saturated heterocycles. The van der Waals surface area contributed by atoms with Gasteiger partial charge < -0.3 is 4.98 Å². The Bertz CT molecular complexity index is 957. The second kappa shape index (κ2) is 6.77. The van der Waals surface area contributed by atoms with Gasteiger partial charge >= 0.3 is 6.18 Å². The van der Waals surface area contributed by atoms with Gasteiger partial charge in [0.25, 0.3) is 5.56 Å². The van der Waals surface area contributed by atoms with Gasteiger partial charge in [-0.25, -0.2) is 9.38 Å². The molecule has 7 nitrogen and oxygen atoms in total. The van der Waals surface area contributed by atoms with Crippen molar-refractivity contribution >= 4 is 32.9 Å². The number of aromatic amines is 1. The van der Waals surface area contributed by atoms with Crippen LogP contribution in [0.1, 0.15) is 38.4 Å². The minimum absolute atomic E-state index is 0.00538. The second-order valence-electron chi connectivity index (χ2n) is 5.76. The van der Waals surface area contributed by atoms with Crippen molar-refractivity contribution in [3.8, 4) is 0 Å². The number of nitrogens with one attached hydrogen (secondary N) is 1. The maximum atomic E-state index is 12.7. The van der Waals surface area contributed by atoms with E-state index in [4.69, 9.17) is 0 Å². The minimum Gasteiger partial charge on any atom is -0.327 e. The molecule has 25 heavy (non-hydrogen) atoms. The maximum Gasteiger partial charge on any atom is 0.389 e. The maximum absolute atomic E-state index is 12.7. The van der Waals surface area contributed by atoms with Crippen LogP contribution >= 0.6 is 15.9 Å². The first-order valence-corrected chi connectivity index (χ1v) is 8.70. The molecule has 0 aliphatic carbocycles. The predicted molar refractivity (Wildman–Crippen MR) is 88.5 cm³/mol. The zero-order valence-corrected chi connectivity index (χ0v) is 15.0. The number of fused-ring (bicyclic) bond motifs is 2. The number of H-pyrrole nitrogens is 1. The van der Waals surface area contributed by atoms with Gasteiger partial charge in [0, 0.05) is 13.0 Å². The van der Waals surface area contributed by atoms with E-state index in [-0.39, 0.29) is 17.1 Å². The van der Waals surface area contributed by atoms with Gasteiger partial charge in [-0.2, -0.15) is 13.2 Å². The zero-order chi connectivity index (χ0) is 18.2. The van der Waals surface area contributed by atoms with Crippen molar-refractivity contribution in [2.45, 2.75) is 51.7 Å². The Kier molecular flexibility index (Phi) is 4.85. The molecule has 0 radical (unpaired) electrons. The summed E-state index contributed by atoms with van der Waals surface area (Å²) < 4.78 is 40.8. The minimum atomic E-state index is -4.33. The number of aryl methyl sites for hydroxylation is 2. The quantitative estimate of drug-likeness (QED) is 0.490. The lowest BCUT2D eigenvalue weighted by Gasteiger charge is -2.09. The molecule has 1 N–H and O–H groups in total. The molecule has 0 saturated carbocycles. The molecule has 0 atom stereocenters. The first-order valence-electron chi connectivity index (χ1n) is 7.90. The summed E-state index contributed by atoms with van der Waals surface area (Å²) in [5, 5.41) is 7.77. The molecule has 0 unspecified atom stereocenters. The van der Waals surface area contributed by atoms with Gasteiger partial charge in [-0.3, -0.25) is 9.36 Å². The van der Waals surface area contributed by atoms with Crippen LogP contribution in [-0.4, -0.2) is 35.3 Å². The molecule has 11 heteroatoms. The fourth-order valence-corrected chi connectivity index (χ4v) is 3.08. The van der Waals surface area contributed by atoms with E-state index in [1.807, 2.05) is 0 Å². The molecule has 3 aromatic heterocycles. The number of halogens is 4. The standard InChI is InChI=1S/C14H16BrF3N6O/c1-2-3-4-7-23-10-9(19-12(15)20-10)11(25)24-8(21-22-13(23)24)5-6-14(16,17)18/h2-7H2,1H3,(H,19,20). The lowest BCUT2D eigenvalue weighted by molar-refractivity contribution is -0.134. The lowest BCUT2D eigenvalue weighted by Crippen LogP contribution is -2.22. The number of unbranched alkanes of at least 4 members (excludes halogenated alkanes) is 2. The number of nitrogens with zero attached hydrogens (tertiary/aromatic N) is 5. The highest BCUT2D eigenvalue weighted by molar-refractivity contribution is 9.10. The molecule has 0 aliphatic heterocycles. The van der Waals surface area contributed by atoms with Crippen molar-refractivity contribution in [3.63, 3.8) is 0 Å². The third-order valence-corrected chi connectivity index (χ3v) is 4.28. The Balaban J connectivity index is 2.15. The number of aromatic nitrogens is 6. The summed E-state index contributed by atoms with van der Waals surface area (Å²) in [7, 11) is 0. The summed E-state index contributed by atoms with van der Waals surface area (Å²) in [4.78, 5) is 19.8. The third-order valence-electron chi connectivity index (χ3n) is 3.90. The van der Waals surface area contributed by atoms with Gasteiger partial charge in [-0.1, -0.05) is 19.8 Å². The van der Waals surface area contributed by atoms with Crippen LogP contribution in [0.3, 0.4) is 0 Å². The largest absolute Gasteiger partial charge is 0.389 e. The highest BCUT2D eigenvalue weighted by atomic mass is 79.9. The van der Waals surface area contributed by atoms with Gasteiger partial charge in [-0.15, -0.1) is 10.2 Å². The highest BCUT2D eigenvalue weighted by Crippen LogP contribution is 2.22. The van der Waals surface area contributed by atoms with E-state index in [2.05, 4.69) is 43.0 Å². The number of rotatable bonds is 6. The van der Waals surface area contributed by atoms with Crippen molar-refractivity contribution in [2.75, 3.05) is 0 Å². The van der Waals surface area contributed by atoms with Crippen LogP contribution < -0.4 is 5.56 Å². The zero-order valence-electron chi connectivity index (χ0n) is 13.4. The lowest BCUT2D eigenvalue weighted by atomic mass is 10.2. The van der Waals surface area contributed by atoms with Crippen LogP contribution in [0, 0.1) is 0 Å². The van der Waals surface area contributed by atoms with Gasteiger partial charge in [0.05, 0.1) is 6.42 Å². The first kappa shape index (κ1) is 17.9. The van der Waals surface area contributed by atoms with E-state index in [9.17, 15) is 18.0 Å². The summed E-state index contributed by atoms with van der Waals surface area (Å²) in [6.45, 7) is 2.61. The second-order valence-corrected chi connectivity index (χ2v) is 6.51. The van der Waals surface area contributed by atoms with Crippen LogP contribution in [0.25, 0.3) is 16.9 Å². The van der Waals surface area contributed by atoms with Crippen molar-refractivity contribution in [1.29, 1.82) is 0 Å². The van der Waals surface area contributed by atoms with E-state index in [0.29, 0.717) is 16.9 Å². The number of alkyl halides is 3. The average molecular weight is 421 g/mol. The van der Waals surface area contributed by atoms with Gasteiger partial charge in [0.1, 0.15) is 5.82 Å². The molecule has 0 aliphatic rings. The molecule has 3 heterocycles. The Morgan fingerprint density at radius 2 is 2.00 bits per heavy atom.